The Labute approximate surface area is 149 Å². The van der Waals surface area contributed by atoms with Crippen LogP contribution in [0.2, 0.25) is 0 Å². The number of likely N-dealkylation sites (tertiary alicyclic amines) is 1. The topological polar surface area (TPSA) is 130 Å². The molecule has 1 aliphatic carbocycles. The van der Waals surface area contributed by atoms with E-state index in [1.807, 2.05) is 0 Å². The molecule has 3 atom stereocenters. The van der Waals surface area contributed by atoms with Crippen LogP contribution in [0.1, 0.15) is 24.0 Å². The fourth-order valence-corrected chi connectivity index (χ4v) is 4.14. The molecule has 1 saturated heterocycles. The predicted molar refractivity (Wildman–Crippen MR) is 87.2 cm³/mol. The highest BCUT2D eigenvalue weighted by Gasteiger charge is 2.51. The van der Waals surface area contributed by atoms with Crippen LogP contribution >= 0.6 is 7.82 Å². The van der Waals surface area contributed by atoms with Gasteiger partial charge in [-0.15, -0.1) is 0 Å². The molecule has 0 aromatic heterocycles. The predicted octanol–water partition coefficient (Wildman–Crippen LogP) is 0.387. The first kappa shape index (κ1) is 18.6. The first-order chi connectivity index (χ1) is 12.1. The maximum atomic E-state index is 12.8. The second-order valence-corrected chi connectivity index (χ2v) is 7.53. The number of Topliss-reactive ketones (excluding diaryl/α,β-unsaturated/α-hetero) is 1. The molecule has 10 heteroatoms. The molecule has 1 aliphatic heterocycles. The fourth-order valence-electron chi connectivity index (χ4n) is 3.75. The number of amides is 1. The lowest BCUT2D eigenvalue weighted by Gasteiger charge is -2.45. The molecule has 2 bridgehead atoms. The highest BCUT2D eigenvalue weighted by Crippen LogP contribution is 2.44. The normalized spacial score (nSPS) is 24.7. The summed E-state index contributed by atoms with van der Waals surface area (Å²) in [6, 6.07) is 3.22. The molecule has 2 N–H and O–H groups in total. The van der Waals surface area contributed by atoms with Crippen LogP contribution in [-0.4, -0.2) is 52.0 Å². The van der Waals surface area contributed by atoms with Gasteiger partial charge in [-0.3, -0.25) is 19.4 Å². The summed E-state index contributed by atoms with van der Waals surface area (Å²) >= 11 is 0. The zero-order valence-electron chi connectivity index (χ0n) is 14.1. The zero-order chi connectivity index (χ0) is 19.2. The monoisotopic (exact) mass is 383 g/mol. The van der Waals surface area contributed by atoms with Crippen molar-refractivity contribution in [1.82, 2.24) is 4.90 Å². The summed E-state index contributed by atoms with van der Waals surface area (Å²) in [5.74, 6) is -2.55. The first-order valence-corrected chi connectivity index (χ1v) is 9.42. The van der Waals surface area contributed by atoms with E-state index >= 15 is 0 Å². The van der Waals surface area contributed by atoms with E-state index in [4.69, 9.17) is 14.5 Å². The third kappa shape index (κ3) is 3.25. The molecule has 3 rings (SSSR count). The molecule has 2 aliphatic rings. The Morgan fingerprint density at radius 2 is 2.00 bits per heavy atom. The van der Waals surface area contributed by atoms with Crippen LogP contribution in [0.25, 0.3) is 0 Å². The summed E-state index contributed by atoms with van der Waals surface area (Å²) in [7, 11) is -3.52. The van der Waals surface area contributed by atoms with Gasteiger partial charge in [0.2, 0.25) is 5.91 Å². The van der Waals surface area contributed by atoms with Gasteiger partial charge in [0, 0.05) is 19.4 Å². The lowest BCUT2D eigenvalue weighted by atomic mass is 9.69. The summed E-state index contributed by atoms with van der Waals surface area (Å²) in [5, 5.41) is 0. The van der Waals surface area contributed by atoms with Crippen molar-refractivity contribution in [3.05, 3.63) is 29.3 Å². The summed E-state index contributed by atoms with van der Waals surface area (Å²) in [6.07, 6.45) is 0.292. The summed E-state index contributed by atoms with van der Waals surface area (Å²) < 4.78 is 20.4. The average Bonchev–Trinajstić information content (AvgIpc) is 2.52. The van der Waals surface area contributed by atoms with Gasteiger partial charge in [0.15, 0.2) is 0 Å². The molecule has 1 fully saturated rings. The highest BCUT2D eigenvalue weighted by atomic mass is 31.2. The van der Waals surface area contributed by atoms with Gasteiger partial charge < -0.3 is 14.2 Å². The standard InChI is InChI=1S/C16H18NO8P/c1-8(18)17-7-10-5-9-6-11(25-26(21,22)23)3-4-12(9)13(15(10)19)14(17)16(20)24-2/h3-4,6,10,13-14H,5,7H2,1-2H3,(H2,21,22,23)/t10-,13+,14-/m1/s1. The smallest absolute Gasteiger partial charge is 0.467 e. The number of nitrogens with zero attached hydrogens (tertiary/aromatic N) is 1. The molecule has 9 nitrogen and oxygen atoms in total. The number of fused-ring (bicyclic) bond motifs is 4. The molecule has 1 aromatic carbocycles. The molecule has 140 valence electrons. The van der Waals surface area contributed by atoms with E-state index in [0.717, 1.165) is 0 Å². The van der Waals surface area contributed by atoms with Crippen molar-refractivity contribution in [3.63, 3.8) is 0 Å². The van der Waals surface area contributed by atoms with Gasteiger partial charge in [-0.2, -0.15) is 0 Å². The van der Waals surface area contributed by atoms with Crippen molar-refractivity contribution in [3.8, 4) is 5.75 Å². The van der Waals surface area contributed by atoms with E-state index in [1.54, 1.807) is 0 Å². The average molecular weight is 383 g/mol. The van der Waals surface area contributed by atoms with E-state index in [0.29, 0.717) is 17.5 Å². The summed E-state index contributed by atoms with van der Waals surface area (Å²) in [6.45, 7) is 1.42. The number of esters is 1. The third-order valence-electron chi connectivity index (χ3n) is 4.76. The van der Waals surface area contributed by atoms with Crippen LogP contribution in [0.15, 0.2) is 18.2 Å². The highest BCUT2D eigenvalue weighted by molar-refractivity contribution is 7.46. The molecule has 0 saturated carbocycles. The van der Waals surface area contributed by atoms with Crippen LogP contribution in [0.4, 0.5) is 0 Å². The number of rotatable bonds is 3. The van der Waals surface area contributed by atoms with Crippen molar-refractivity contribution < 1.29 is 38.0 Å². The van der Waals surface area contributed by atoms with Crippen molar-refractivity contribution in [1.29, 1.82) is 0 Å². The number of carbonyl (C=O) groups is 3. The van der Waals surface area contributed by atoms with Crippen molar-refractivity contribution in [2.45, 2.75) is 25.3 Å². The maximum absolute atomic E-state index is 12.8. The minimum absolute atomic E-state index is 0.0254. The largest absolute Gasteiger partial charge is 0.524 e. The second-order valence-electron chi connectivity index (χ2n) is 6.36. The number of ether oxygens (including phenoxy) is 1. The van der Waals surface area contributed by atoms with Crippen LogP contribution < -0.4 is 4.52 Å². The Morgan fingerprint density at radius 3 is 2.58 bits per heavy atom. The van der Waals surface area contributed by atoms with E-state index in [-0.39, 0.29) is 24.0 Å². The summed E-state index contributed by atoms with van der Waals surface area (Å²) in [5.41, 5.74) is 1.19. The van der Waals surface area contributed by atoms with E-state index in [2.05, 4.69) is 4.52 Å². The molecule has 1 amide bonds. The fraction of sp³-hybridized carbons (Fsp3) is 0.438. The van der Waals surface area contributed by atoms with Crippen LogP contribution in [-0.2, 0) is 30.1 Å². The minimum atomic E-state index is -4.71. The van der Waals surface area contributed by atoms with Crippen molar-refractivity contribution in [2.24, 2.45) is 5.92 Å². The Bertz CT molecular complexity index is 832. The zero-order valence-corrected chi connectivity index (χ0v) is 15.0. The van der Waals surface area contributed by atoms with Gasteiger partial charge in [0.05, 0.1) is 13.0 Å². The molecule has 1 heterocycles. The first-order valence-electron chi connectivity index (χ1n) is 7.89. The van der Waals surface area contributed by atoms with Gasteiger partial charge >= 0.3 is 13.8 Å². The molecule has 0 unspecified atom stereocenters. The number of phosphoric ester groups is 1. The van der Waals surface area contributed by atoms with Crippen LogP contribution in [0.5, 0.6) is 5.75 Å². The Hall–Kier alpha value is -2.22. The number of methoxy groups -OCH3 is 1. The molecular formula is C16H18NO8P. The number of hydrogen-bond donors (Lipinski definition) is 2. The lowest BCUT2D eigenvalue weighted by molar-refractivity contribution is -0.160. The Morgan fingerprint density at radius 1 is 1.31 bits per heavy atom. The van der Waals surface area contributed by atoms with Gasteiger partial charge in [0.25, 0.3) is 0 Å². The summed E-state index contributed by atoms with van der Waals surface area (Å²) in [4.78, 5) is 56.3. The van der Waals surface area contributed by atoms with E-state index in [9.17, 15) is 18.9 Å². The molecule has 26 heavy (non-hydrogen) atoms. The maximum Gasteiger partial charge on any atom is 0.524 e. The van der Waals surface area contributed by atoms with Crippen molar-refractivity contribution in [2.75, 3.05) is 13.7 Å². The molecule has 0 radical (unpaired) electrons. The quantitative estimate of drug-likeness (QED) is 0.566. The minimum Gasteiger partial charge on any atom is -0.467 e. The Balaban J connectivity index is 2.07. The SMILES string of the molecule is COC(=O)[C@H]1[C@H]2C(=O)[C@H](Cc3cc(OP(=O)(O)O)ccc32)CN1C(C)=O. The lowest BCUT2D eigenvalue weighted by Crippen LogP contribution is -2.59. The van der Waals surface area contributed by atoms with Gasteiger partial charge in [-0.05, 0) is 29.7 Å². The number of benzene rings is 1. The number of piperidine rings is 1. The van der Waals surface area contributed by atoms with Gasteiger partial charge in [-0.1, -0.05) is 6.07 Å². The number of carbonyl (C=O) groups excluding carboxylic acids is 3. The van der Waals surface area contributed by atoms with E-state index in [1.165, 1.54) is 37.1 Å². The number of hydrogen-bond acceptors (Lipinski definition) is 6. The molecule has 0 spiro atoms. The van der Waals surface area contributed by atoms with Crippen molar-refractivity contribution >= 4 is 25.5 Å². The van der Waals surface area contributed by atoms with Crippen LogP contribution in [0, 0.1) is 5.92 Å². The third-order valence-corrected chi connectivity index (χ3v) is 5.21. The molecular weight excluding hydrogens is 365 g/mol. The van der Waals surface area contributed by atoms with Gasteiger partial charge in [0.1, 0.15) is 17.6 Å². The number of phosphoric acid groups is 1. The van der Waals surface area contributed by atoms with Gasteiger partial charge in [-0.25, -0.2) is 9.36 Å². The van der Waals surface area contributed by atoms with E-state index < -0.39 is 31.7 Å². The molecule has 1 aromatic rings. The second kappa shape index (κ2) is 6.50. The number of ketones is 1. The van der Waals surface area contributed by atoms with Crippen LogP contribution in [0.3, 0.4) is 0 Å². The Kier molecular flexibility index (Phi) is 4.64.